The van der Waals surface area contributed by atoms with Gasteiger partial charge in [0, 0.05) is 35.2 Å². The Morgan fingerprint density at radius 3 is 2.84 bits per heavy atom. The predicted molar refractivity (Wildman–Crippen MR) is 94.9 cm³/mol. The number of hydrogen-bond acceptors (Lipinski definition) is 2. The number of hydrogen-bond donors (Lipinski definition) is 2. The fourth-order valence-electron chi connectivity index (χ4n) is 5.61. The third kappa shape index (κ3) is 2.74. The number of aliphatic carboxylic acids is 1. The van der Waals surface area contributed by atoms with E-state index in [1.54, 1.807) is 12.3 Å². The second-order valence-corrected chi connectivity index (χ2v) is 9.06. The summed E-state index contributed by atoms with van der Waals surface area (Å²) in [4.78, 5) is 17.4. The Kier molecular flexibility index (Phi) is 3.52. The van der Waals surface area contributed by atoms with Crippen LogP contribution >= 0.6 is 0 Å². The largest absolute Gasteiger partial charge is 0.480 e. The Bertz CT molecular complexity index is 843. The lowest BCUT2D eigenvalue weighted by atomic mass is 9.65. The van der Waals surface area contributed by atoms with Crippen LogP contribution in [0.4, 0.5) is 4.39 Å². The van der Waals surface area contributed by atoms with E-state index in [0.29, 0.717) is 5.52 Å². The van der Waals surface area contributed by atoms with Gasteiger partial charge in [-0.05, 0) is 48.3 Å². The van der Waals surface area contributed by atoms with E-state index in [1.165, 1.54) is 12.1 Å². The Labute approximate surface area is 147 Å². The molecular formula is C20H25FN2O2. The Hall–Kier alpha value is -1.88. The van der Waals surface area contributed by atoms with E-state index < -0.39 is 12.0 Å². The van der Waals surface area contributed by atoms with Crippen molar-refractivity contribution in [1.82, 2.24) is 9.88 Å². The zero-order chi connectivity index (χ0) is 18.0. The normalized spacial score (nSPS) is 29.8. The zero-order valence-corrected chi connectivity index (χ0v) is 15.0. The number of nitrogens with one attached hydrogen (secondary N) is 1. The molecule has 4 nitrogen and oxygen atoms in total. The maximum absolute atomic E-state index is 13.5. The number of carbonyl (C=O) groups is 1. The highest BCUT2D eigenvalue weighted by atomic mass is 19.1. The molecule has 4 rings (SSSR count). The van der Waals surface area contributed by atoms with Crippen molar-refractivity contribution in [1.29, 1.82) is 0 Å². The van der Waals surface area contributed by atoms with Gasteiger partial charge in [0.1, 0.15) is 11.9 Å². The zero-order valence-electron chi connectivity index (χ0n) is 15.0. The highest BCUT2D eigenvalue weighted by Gasteiger charge is 2.52. The van der Waals surface area contributed by atoms with Gasteiger partial charge in [-0.25, -0.2) is 4.39 Å². The van der Waals surface area contributed by atoms with Gasteiger partial charge in [0.15, 0.2) is 0 Å². The lowest BCUT2D eigenvalue weighted by molar-refractivity contribution is -0.144. The number of H-pyrrole nitrogens is 1. The summed E-state index contributed by atoms with van der Waals surface area (Å²) in [5, 5.41) is 10.8. The minimum absolute atomic E-state index is 0.165. The molecule has 0 spiro atoms. The van der Waals surface area contributed by atoms with E-state index in [4.69, 9.17) is 0 Å². The first-order chi connectivity index (χ1) is 11.7. The summed E-state index contributed by atoms with van der Waals surface area (Å²) in [6.45, 7) is 7.65. The van der Waals surface area contributed by atoms with E-state index in [2.05, 4.69) is 30.7 Å². The van der Waals surface area contributed by atoms with E-state index in [0.717, 1.165) is 36.8 Å². The highest BCUT2D eigenvalue weighted by Crippen LogP contribution is 2.54. The number of rotatable bonds is 3. The molecule has 1 aliphatic heterocycles. The summed E-state index contributed by atoms with van der Waals surface area (Å²) < 4.78 is 13.5. The number of halogens is 1. The number of fused-ring (bicyclic) bond motifs is 3. The summed E-state index contributed by atoms with van der Waals surface area (Å²) in [5.74, 6) is -1.15. The number of carboxylic acid groups (broad SMARTS) is 1. The van der Waals surface area contributed by atoms with Crippen LogP contribution in [0.2, 0.25) is 0 Å². The molecule has 134 valence electrons. The molecule has 0 unspecified atom stereocenters. The van der Waals surface area contributed by atoms with Gasteiger partial charge >= 0.3 is 5.97 Å². The van der Waals surface area contributed by atoms with Crippen molar-refractivity contribution in [2.24, 2.45) is 10.8 Å². The van der Waals surface area contributed by atoms with Crippen LogP contribution in [0.1, 0.15) is 51.6 Å². The summed E-state index contributed by atoms with van der Waals surface area (Å²) in [5.41, 5.74) is 1.78. The second-order valence-electron chi connectivity index (χ2n) is 9.06. The molecule has 2 N–H and O–H groups in total. The number of likely N-dealkylation sites (tertiary alicyclic amines) is 1. The van der Waals surface area contributed by atoms with Gasteiger partial charge in [-0.1, -0.05) is 20.8 Å². The molecule has 5 heteroatoms. The van der Waals surface area contributed by atoms with Crippen LogP contribution < -0.4 is 0 Å². The number of aromatic nitrogens is 1. The van der Waals surface area contributed by atoms with Crippen LogP contribution in [0, 0.1) is 16.6 Å². The molecular weight excluding hydrogens is 319 g/mol. The minimum Gasteiger partial charge on any atom is -0.480 e. The van der Waals surface area contributed by atoms with Crippen molar-refractivity contribution in [2.75, 3.05) is 6.54 Å². The molecule has 2 aromatic rings. The minimum atomic E-state index is -0.834. The number of nitrogens with zero attached hydrogens (tertiary/aromatic N) is 1. The molecule has 2 fully saturated rings. The van der Waals surface area contributed by atoms with E-state index >= 15 is 0 Å². The van der Waals surface area contributed by atoms with Crippen molar-refractivity contribution >= 4 is 16.9 Å². The van der Waals surface area contributed by atoms with Crippen molar-refractivity contribution in [3.8, 4) is 0 Å². The van der Waals surface area contributed by atoms with Crippen LogP contribution in [-0.2, 0) is 4.79 Å². The fraction of sp³-hybridized carbons (Fsp3) is 0.550. The second kappa shape index (κ2) is 5.31. The lowest BCUT2D eigenvalue weighted by Gasteiger charge is -2.40. The van der Waals surface area contributed by atoms with Gasteiger partial charge in [-0.3, -0.25) is 9.69 Å². The molecule has 1 aromatic heterocycles. The van der Waals surface area contributed by atoms with Gasteiger partial charge < -0.3 is 10.1 Å². The molecule has 2 aliphatic rings. The van der Waals surface area contributed by atoms with Crippen LogP contribution in [0.3, 0.4) is 0 Å². The average Bonchev–Trinajstić information content (AvgIpc) is 2.97. The van der Waals surface area contributed by atoms with Crippen LogP contribution in [0.25, 0.3) is 10.9 Å². The van der Waals surface area contributed by atoms with E-state index in [9.17, 15) is 14.3 Å². The van der Waals surface area contributed by atoms with Crippen LogP contribution in [0.5, 0.6) is 0 Å². The third-order valence-corrected chi connectivity index (χ3v) is 5.99. The van der Waals surface area contributed by atoms with Crippen LogP contribution in [0.15, 0.2) is 24.4 Å². The first-order valence-electron chi connectivity index (χ1n) is 8.93. The first kappa shape index (κ1) is 16.6. The predicted octanol–water partition coefficient (Wildman–Crippen LogP) is 4.33. The Balaban J connectivity index is 1.76. The number of benzene rings is 1. The first-order valence-corrected chi connectivity index (χ1v) is 8.93. The fourth-order valence-corrected chi connectivity index (χ4v) is 5.61. The van der Waals surface area contributed by atoms with Gasteiger partial charge in [0.25, 0.3) is 0 Å². The molecule has 3 atom stereocenters. The van der Waals surface area contributed by atoms with Crippen molar-refractivity contribution in [3.63, 3.8) is 0 Å². The third-order valence-electron chi connectivity index (χ3n) is 5.99. The van der Waals surface area contributed by atoms with E-state index in [1.807, 2.05) is 0 Å². The molecule has 0 amide bonds. The smallest absolute Gasteiger partial charge is 0.325 e. The van der Waals surface area contributed by atoms with Crippen LogP contribution in [-0.4, -0.2) is 33.5 Å². The number of carboxylic acids is 1. The SMILES string of the molecule is CC1(C)C[C@@H]2C[C@@](C)(CN2[C@H](C(=O)O)c2c[nH]c3cc(F)ccc23)C1. The molecule has 25 heavy (non-hydrogen) atoms. The number of aromatic amines is 1. The summed E-state index contributed by atoms with van der Waals surface area (Å²) in [6, 6.07) is 4.08. The van der Waals surface area contributed by atoms with Gasteiger partial charge in [-0.2, -0.15) is 0 Å². The van der Waals surface area contributed by atoms with E-state index in [-0.39, 0.29) is 22.7 Å². The van der Waals surface area contributed by atoms with Gasteiger partial charge in [0.05, 0.1) is 0 Å². The molecule has 0 radical (unpaired) electrons. The Morgan fingerprint density at radius 1 is 1.36 bits per heavy atom. The molecule has 1 aliphatic carbocycles. The summed E-state index contributed by atoms with van der Waals surface area (Å²) >= 11 is 0. The Morgan fingerprint density at radius 2 is 2.12 bits per heavy atom. The molecule has 1 aromatic carbocycles. The monoisotopic (exact) mass is 344 g/mol. The topological polar surface area (TPSA) is 56.3 Å². The van der Waals surface area contributed by atoms with Crippen molar-refractivity contribution in [2.45, 2.75) is 52.1 Å². The van der Waals surface area contributed by atoms with Gasteiger partial charge in [-0.15, -0.1) is 0 Å². The quantitative estimate of drug-likeness (QED) is 0.871. The standard InChI is InChI=1S/C20H25FN2O2/c1-19(2)7-13-8-20(3,10-19)11-23(13)17(18(24)25)15-9-22-16-6-12(21)4-5-14(15)16/h4-6,9,13,17,22H,7-8,10-11H2,1-3H3,(H,24,25)/t13-,17+,20-/m1/s1. The maximum atomic E-state index is 13.5. The van der Waals surface area contributed by atoms with Crippen molar-refractivity contribution in [3.05, 3.63) is 35.8 Å². The maximum Gasteiger partial charge on any atom is 0.325 e. The van der Waals surface area contributed by atoms with Crippen molar-refractivity contribution < 1.29 is 14.3 Å². The summed E-state index contributed by atoms with van der Waals surface area (Å²) in [6.07, 6.45) is 4.93. The molecule has 1 saturated carbocycles. The molecule has 2 heterocycles. The average molecular weight is 344 g/mol. The molecule has 2 bridgehead atoms. The molecule has 1 saturated heterocycles. The summed E-state index contributed by atoms with van der Waals surface area (Å²) in [7, 11) is 0. The lowest BCUT2D eigenvalue weighted by Crippen LogP contribution is -2.39. The van der Waals surface area contributed by atoms with Gasteiger partial charge in [0.2, 0.25) is 0 Å². The highest BCUT2D eigenvalue weighted by molar-refractivity contribution is 5.89.